The molecule has 182 valence electrons. The first-order valence-electron chi connectivity index (χ1n) is 9.97. The third-order valence-electron chi connectivity index (χ3n) is 4.29. The lowest BCUT2D eigenvalue weighted by Crippen LogP contribution is -2.53. The van der Waals surface area contributed by atoms with E-state index in [-0.39, 0.29) is 25.7 Å². The van der Waals surface area contributed by atoms with Gasteiger partial charge in [-0.3, -0.25) is 24.0 Å². The van der Waals surface area contributed by atoms with E-state index in [9.17, 15) is 28.8 Å². The summed E-state index contributed by atoms with van der Waals surface area (Å²) < 4.78 is 0. The van der Waals surface area contributed by atoms with Gasteiger partial charge in [0.1, 0.15) is 12.1 Å². The maximum atomic E-state index is 12.4. The number of hydrogen-bond donors (Lipinski definition) is 8. The standard InChI is InChI=1S/C18H31N5O9/c19-8-2-1-3-12(18(31)32)22-13(24)9-21-17(30)11(5-7-15(27)28)23-16(29)10(20)4-6-14(25)26/h10-12H,1-9,19-20H2,(H,21,30)(H,22,24)(H,23,29)(H,25,26)(H,27,28)(H,31,32). The van der Waals surface area contributed by atoms with Crippen LogP contribution < -0.4 is 27.4 Å². The maximum Gasteiger partial charge on any atom is 0.326 e. The molecule has 0 fully saturated rings. The first-order chi connectivity index (χ1) is 15.0. The SMILES string of the molecule is NCCCCC(NC(=O)CNC(=O)C(CCC(=O)O)NC(=O)C(N)CCC(=O)O)C(=O)O. The van der Waals surface area contributed by atoms with Crippen molar-refractivity contribution in [3.63, 3.8) is 0 Å². The normalized spacial score (nSPS) is 13.3. The monoisotopic (exact) mass is 461 g/mol. The Labute approximate surface area is 184 Å². The van der Waals surface area contributed by atoms with Gasteiger partial charge in [-0.15, -0.1) is 0 Å². The van der Waals surface area contributed by atoms with Gasteiger partial charge >= 0.3 is 17.9 Å². The Kier molecular flexibility index (Phi) is 13.9. The number of nitrogens with two attached hydrogens (primary N) is 2. The molecule has 0 aromatic heterocycles. The number of aliphatic carboxylic acids is 3. The molecule has 3 atom stereocenters. The number of carbonyl (C=O) groups is 6. The van der Waals surface area contributed by atoms with Crippen molar-refractivity contribution in [2.75, 3.05) is 13.1 Å². The first-order valence-corrected chi connectivity index (χ1v) is 9.97. The lowest BCUT2D eigenvalue weighted by Gasteiger charge is -2.20. The molecule has 10 N–H and O–H groups in total. The van der Waals surface area contributed by atoms with E-state index >= 15 is 0 Å². The van der Waals surface area contributed by atoms with Gasteiger partial charge in [0.2, 0.25) is 17.7 Å². The van der Waals surface area contributed by atoms with Gasteiger partial charge in [0, 0.05) is 12.8 Å². The van der Waals surface area contributed by atoms with Crippen molar-refractivity contribution in [1.29, 1.82) is 0 Å². The van der Waals surface area contributed by atoms with E-state index in [0.29, 0.717) is 19.4 Å². The summed E-state index contributed by atoms with van der Waals surface area (Å²) in [6.07, 6.45) is -0.151. The molecule has 0 saturated heterocycles. The van der Waals surface area contributed by atoms with Crippen molar-refractivity contribution in [3.05, 3.63) is 0 Å². The molecule has 0 aliphatic rings. The minimum absolute atomic E-state index is 0.151. The number of hydrogen-bond acceptors (Lipinski definition) is 8. The summed E-state index contributed by atoms with van der Waals surface area (Å²) in [7, 11) is 0. The highest BCUT2D eigenvalue weighted by molar-refractivity contribution is 5.92. The first kappa shape index (κ1) is 28.7. The fourth-order valence-electron chi connectivity index (χ4n) is 2.51. The van der Waals surface area contributed by atoms with Gasteiger partial charge in [0.05, 0.1) is 12.6 Å². The highest BCUT2D eigenvalue weighted by Crippen LogP contribution is 2.02. The Morgan fingerprint density at radius 1 is 0.750 bits per heavy atom. The van der Waals surface area contributed by atoms with Crippen LogP contribution in [0, 0.1) is 0 Å². The van der Waals surface area contributed by atoms with Crippen LogP contribution >= 0.6 is 0 Å². The van der Waals surface area contributed by atoms with Crippen LogP contribution in [0.2, 0.25) is 0 Å². The van der Waals surface area contributed by atoms with Crippen LogP contribution in [0.1, 0.15) is 44.9 Å². The molecule has 0 bridgehead atoms. The Morgan fingerprint density at radius 3 is 1.88 bits per heavy atom. The van der Waals surface area contributed by atoms with Gasteiger partial charge < -0.3 is 42.7 Å². The average Bonchev–Trinajstić information content (AvgIpc) is 2.71. The van der Waals surface area contributed by atoms with E-state index in [0.717, 1.165) is 0 Å². The van der Waals surface area contributed by atoms with Crippen LogP contribution in [0.5, 0.6) is 0 Å². The van der Waals surface area contributed by atoms with E-state index in [1.165, 1.54) is 0 Å². The average molecular weight is 461 g/mol. The van der Waals surface area contributed by atoms with Gasteiger partial charge in [-0.1, -0.05) is 0 Å². The summed E-state index contributed by atoms with van der Waals surface area (Å²) in [4.78, 5) is 69.1. The molecule has 0 radical (unpaired) electrons. The summed E-state index contributed by atoms with van der Waals surface area (Å²) in [5.41, 5.74) is 10.9. The molecule has 0 rings (SSSR count). The quantitative estimate of drug-likeness (QED) is 0.104. The van der Waals surface area contributed by atoms with Crippen molar-refractivity contribution < 1.29 is 44.1 Å². The Hall–Kier alpha value is -3.26. The molecule has 32 heavy (non-hydrogen) atoms. The number of nitrogens with one attached hydrogen (secondary N) is 3. The second-order valence-corrected chi connectivity index (χ2v) is 6.99. The Morgan fingerprint density at radius 2 is 1.34 bits per heavy atom. The van der Waals surface area contributed by atoms with Crippen molar-refractivity contribution in [2.24, 2.45) is 11.5 Å². The zero-order valence-corrected chi connectivity index (χ0v) is 17.5. The molecule has 0 aliphatic carbocycles. The van der Waals surface area contributed by atoms with E-state index in [1.807, 2.05) is 0 Å². The maximum absolute atomic E-state index is 12.4. The summed E-state index contributed by atoms with van der Waals surface area (Å²) in [6, 6.07) is -3.75. The zero-order chi connectivity index (χ0) is 24.7. The van der Waals surface area contributed by atoms with E-state index in [4.69, 9.17) is 26.8 Å². The fraction of sp³-hybridized carbons (Fsp3) is 0.667. The fourth-order valence-corrected chi connectivity index (χ4v) is 2.51. The predicted octanol–water partition coefficient (Wildman–Crippen LogP) is -2.66. The summed E-state index contributed by atoms with van der Waals surface area (Å²) in [5, 5.41) is 33.3. The Balaban J connectivity index is 4.86. The van der Waals surface area contributed by atoms with E-state index in [1.54, 1.807) is 0 Å². The molecular formula is C18H31N5O9. The van der Waals surface area contributed by atoms with Crippen LogP contribution in [0.15, 0.2) is 0 Å². The van der Waals surface area contributed by atoms with Gasteiger partial charge in [-0.25, -0.2) is 4.79 Å². The minimum Gasteiger partial charge on any atom is -0.481 e. The van der Waals surface area contributed by atoms with Crippen LogP contribution in [0.25, 0.3) is 0 Å². The predicted molar refractivity (Wildman–Crippen MR) is 109 cm³/mol. The smallest absolute Gasteiger partial charge is 0.326 e. The largest absolute Gasteiger partial charge is 0.481 e. The van der Waals surface area contributed by atoms with Gasteiger partial charge in [-0.2, -0.15) is 0 Å². The van der Waals surface area contributed by atoms with Crippen LogP contribution in [-0.4, -0.2) is 82.2 Å². The molecule has 14 heteroatoms. The molecule has 0 aliphatic heterocycles. The second kappa shape index (κ2) is 15.5. The molecule has 3 amide bonds. The Bertz CT molecular complexity index is 686. The summed E-state index contributed by atoms with van der Waals surface area (Å²) >= 11 is 0. The molecule has 0 aromatic rings. The van der Waals surface area contributed by atoms with E-state index < -0.39 is 66.7 Å². The number of carboxylic acids is 3. The second-order valence-electron chi connectivity index (χ2n) is 6.99. The summed E-state index contributed by atoms with van der Waals surface area (Å²) in [6.45, 7) is -0.232. The number of unbranched alkanes of at least 4 members (excludes halogenated alkanes) is 1. The molecule has 14 nitrogen and oxygen atoms in total. The number of carboxylic acid groups (broad SMARTS) is 3. The van der Waals surface area contributed by atoms with Gasteiger partial charge in [0.25, 0.3) is 0 Å². The zero-order valence-electron chi connectivity index (χ0n) is 17.5. The minimum atomic E-state index is -1.35. The van der Waals surface area contributed by atoms with Crippen molar-refractivity contribution in [2.45, 2.75) is 63.1 Å². The van der Waals surface area contributed by atoms with Gasteiger partial charge in [-0.05, 0) is 38.6 Å². The van der Waals surface area contributed by atoms with E-state index in [2.05, 4.69) is 16.0 Å². The highest BCUT2D eigenvalue weighted by Gasteiger charge is 2.26. The van der Waals surface area contributed by atoms with Crippen molar-refractivity contribution in [1.82, 2.24) is 16.0 Å². The lowest BCUT2D eigenvalue weighted by molar-refractivity contribution is -0.142. The molecule has 3 unspecified atom stereocenters. The van der Waals surface area contributed by atoms with Crippen LogP contribution in [0.3, 0.4) is 0 Å². The topological polar surface area (TPSA) is 251 Å². The number of carbonyl (C=O) groups excluding carboxylic acids is 3. The molecule has 0 saturated carbocycles. The highest BCUT2D eigenvalue weighted by atomic mass is 16.4. The van der Waals surface area contributed by atoms with Crippen molar-refractivity contribution >= 4 is 35.6 Å². The van der Waals surface area contributed by atoms with Gasteiger partial charge in [0.15, 0.2) is 0 Å². The molecule has 0 spiro atoms. The summed E-state index contributed by atoms with van der Waals surface area (Å²) in [5.74, 6) is -6.17. The molecule has 0 heterocycles. The van der Waals surface area contributed by atoms with Crippen LogP contribution in [-0.2, 0) is 28.8 Å². The molecular weight excluding hydrogens is 430 g/mol. The lowest BCUT2D eigenvalue weighted by atomic mass is 10.1. The number of rotatable bonds is 17. The van der Waals surface area contributed by atoms with Crippen LogP contribution in [0.4, 0.5) is 0 Å². The third kappa shape index (κ3) is 13.1. The molecule has 0 aromatic carbocycles. The van der Waals surface area contributed by atoms with Crippen molar-refractivity contribution in [3.8, 4) is 0 Å². The third-order valence-corrected chi connectivity index (χ3v) is 4.29. The number of amides is 3.